The smallest absolute Gasteiger partial charge is 0.349 e. The lowest BCUT2D eigenvalue weighted by molar-refractivity contribution is 0.0533. The van der Waals surface area contributed by atoms with E-state index in [1.807, 2.05) is 0 Å². The quantitative estimate of drug-likeness (QED) is 0.327. The van der Waals surface area contributed by atoms with Crippen LogP contribution in [0.4, 0.5) is 5.00 Å². The number of benzene rings is 3. The Balaban J connectivity index is 1.89. The van der Waals surface area contributed by atoms with Crippen molar-refractivity contribution in [2.75, 3.05) is 11.3 Å². The Bertz CT molecular complexity index is 1500. The van der Waals surface area contributed by atoms with Crippen molar-refractivity contribution >= 4 is 54.7 Å². The van der Waals surface area contributed by atoms with Crippen molar-refractivity contribution in [1.82, 2.24) is 0 Å². The SMILES string of the molecule is CCOC(=O)c1sc(NS(=O)(=O)c2cccc3cccc(Cl)c23)c(C#N)c1-c1ccccc1. The highest BCUT2D eigenvalue weighted by Gasteiger charge is 2.28. The highest BCUT2D eigenvalue weighted by molar-refractivity contribution is 7.93. The second-order valence-corrected chi connectivity index (χ2v) is 9.99. The average Bonchev–Trinajstić information content (AvgIpc) is 3.17. The third-order valence-electron chi connectivity index (χ3n) is 4.88. The summed E-state index contributed by atoms with van der Waals surface area (Å²) < 4.78 is 34.5. The summed E-state index contributed by atoms with van der Waals surface area (Å²) in [6.45, 7) is 1.81. The summed E-state index contributed by atoms with van der Waals surface area (Å²) in [4.78, 5) is 12.8. The van der Waals surface area contributed by atoms with E-state index in [0.29, 0.717) is 21.9 Å². The minimum absolute atomic E-state index is 0.0261. The number of carbonyl (C=O) groups is 1. The van der Waals surface area contributed by atoms with Crippen molar-refractivity contribution in [2.24, 2.45) is 0 Å². The van der Waals surface area contributed by atoms with E-state index in [9.17, 15) is 18.5 Å². The van der Waals surface area contributed by atoms with Crippen molar-refractivity contribution in [3.05, 3.63) is 82.2 Å². The number of hydrogen-bond acceptors (Lipinski definition) is 6. The number of sulfonamides is 1. The van der Waals surface area contributed by atoms with Crippen LogP contribution in [0, 0.1) is 11.3 Å². The second-order valence-electron chi connectivity index (χ2n) is 6.91. The van der Waals surface area contributed by atoms with Crippen molar-refractivity contribution in [2.45, 2.75) is 11.8 Å². The summed E-state index contributed by atoms with van der Waals surface area (Å²) in [7, 11) is -4.15. The van der Waals surface area contributed by atoms with Gasteiger partial charge in [-0.15, -0.1) is 11.3 Å². The molecule has 1 N–H and O–H groups in total. The third-order valence-corrected chi connectivity index (χ3v) is 7.80. The molecule has 0 bridgehead atoms. The summed E-state index contributed by atoms with van der Waals surface area (Å²) >= 11 is 7.18. The Hall–Kier alpha value is -3.38. The van der Waals surface area contributed by atoms with E-state index in [0.717, 1.165) is 11.3 Å². The highest BCUT2D eigenvalue weighted by Crippen LogP contribution is 2.42. The molecule has 0 aliphatic carbocycles. The van der Waals surface area contributed by atoms with E-state index in [-0.39, 0.29) is 32.0 Å². The van der Waals surface area contributed by atoms with Crippen LogP contribution < -0.4 is 4.72 Å². The lowest BCUT2D eigenvalue weighted by Gasteiger charge is -2.11. The highest BCUT2D eigenvalue weighted by atomic mass is 35.5. The maximum Gasteiger partial charge on any atom is 0.349 e. The third kappa shape index (κ3) is 4.31. The predicted molar refractivity (Wildman–Crippen MR) is 130 cm³/mol. The number of hydrogen-bond donors (Lipinski definition) is 1. The number of nitriles is 1. The van der Waals surface area contributed by atoms with Crippen LogP contribution in [0.5, 0.6) is 0 Å². The standard InChI is InChI=1S/C24H17ClN2O4S2/c1-2-31-24(28)22-20(15-8-4-3-5-9-15)17(14-26)23(32-22)27-33(29,30)19-13-7-11-16-10-6-12-18(25)21(16)19/h3-13,27H,2H2,1H3. The first-order valence-corrected chi connectivity index (χ1v) is 12.5. The summed E-state index contributed by atoms with van der Waals surface area (Å²) in [6.07, 6.45) is 0. The fourth-order valence-electron chi connectivity index (χ4n) is 3.49. The maximum atomic E-state index is 13.4. The molecule has 0 aliphatic rings. The van der Waals surface area contributed by atoms with Crippen molar-refractivity contribution in [3.8, 4) is 17.2 Å². The number of ether oxygens (including phenoxy) is 1. The molecule has 1 heterocycles. The Kier molecular flexibility index (Phi) is 6.38. The van der Waals surface area contributed by atoms with E-state index in [2.05, 4.69) is 10.8 Å². The van der Waals surface area contributed by atoms with Gasteiger partial charge >= 0.3 is 5.97 Å². The van der Waals surface area contributed by atoms with Gasteiger partial charge in [0.15, 0.2) is 0 Å². The monoisotopic (exact) mass is 496 g/mol. The predicted octanol–water partition coefficient (Wildman–Crippen LogP) is 6.07. The van der Waals surface area contributed by atoms with E-state index in [4.69, 9.17) is 16.3 Å². The van der Waals surface area contributed by atoms with Gasteiger partial charge in [0.1, 0.15) is 15.9 Å². The van der Waals surface area contributed by atoms with Gasteiger partial charge in [0, 0.05) is 16.0 Å². The van der Waals surface area contributed by atoms with Crippen LogP contribution in [0.2, 0.25) is 5.02 Å². The molecule has 166 valence electrons. The summed E-state index contributed by atoms with van der Waals surface area (Å²) in [5.74, 6) is -0.628. The molecule has 0 amide bonds. The van der Waals surface area contributed by atoms with E-state index in [1.54, 1.807) is 67.6 Å². The molecule has 0 fully saturated rings. The number of thiophene rings is 1. The van der Waals surface area contributed by atoms with Gasteiger partial charge in [-0.2, -0.15) is 5.26 Å². The van der Waals surface area contributed by atoms with Gasteiger partial charge in [0.2, 0.25) is 0 Å². The fourth-order valence-corrected chi connectivity index (χ4v) is 6.46. The molecule has 9 heteroatoms. The van der Waals surface area contributed by atoms with Crippen LogP contribution in [0.15, 0.2) is 71.6 Å². The first-order chi connectivity index (χ1) is 15.9. The summed E-state index contributed by atoms with van der Waals surface area (Å²) in [5.41, 5.74) is 0.978. The van der Waals surface area contributed by atoms with Crippen molar-refractivity contribution in [1.29, 1.82) is 5.26 Å². The van der Waals surface area contributed by atoms with Crippen molar-refractivity contribution < 1.29 is 17.9 Å². The molecular formula is C24H17ClN2O4S2. The molecule has 3 aromatic carbocycles. The van der Waals surface area contributed by atoms with Crippen LogP contribution in [0.25, 0.3) is 21.9 Å². The lowest BCUT2D eigenvalue weighted by atomic mass is 10.0. The van der Waals surface area contributed by atoms with Gasteiger partial charge in [-0.25, -0.2) is 13.2 Å². The lowest BCUT2D eigenvalue weighted by Crippen LogP contribution is -2.13. The van der Waals surface area contributed by atoms with Gasteiger partial charge in [-0.05, 0) is 30.0 Å². The maximum absolute atomic E-state index is 13.4. The van der Waals surface area contributed by atoms with Crippen LogP contribution >= 0.6 is 22.9 Å². The molecule has 6 nitrogen and oxygen atoms in total. The van der Waals surface area contributed by atoms with Crippen LogP contribution in [0.3, 0.4) is 0 Å². The first-order valence-electron chi connectivity index (χ1n) is 9.87. The largest absolute Gasteiger partial charge is 0.462 e. The number of nitrogens with one attached hydrogen (secondary N) is 1. The average molecular weight is 497 g/mol. The molecule has 0 aliphatic heterocycles. The van der Waals surface area contributed by atoms with Crippen LogP contribution in [-0.2, 0) is 14.8 Å². The molecule has 0 spiro atoms. The summed E-state index contributed by atoms with van der Waals surface area (Å²) in [6, 6.07) is 20.8. The topological polar surface area (TPSA) is 96.3 Å². The number of esters is 1. The Morgan fingerprint density at radius 2 is 1.79 bits per heavy atom. The van der Waals surface area contributed by atoms with Gasteiger partial charge in [0.05, 0.1) is 17.1 Å². The van der Waals surface area contributed by atoms with Gasteiger partial charge in [-0.1, -0.05) is 66.2 Å². The fraction of sp³-hybridized carbons (Fsp3) is 0.0833. The number of halogens is 1. The Morgan fingerprint density at radius 1 is 1.09 bits per heavy atom. The van der Waals surface area contributed by atoms with Crippen LogP contribution in [0.1, 0.15) is 22.2 Å². The van der Waals surface area contributed by atoms with Gasteiger partial charge in [-0.3, -0.25) is 4.72 Å². The molecule has 1 aromatic heterocycles. The Labute approximate surface area is 200 Å². The molecule has 0 unspecified atom stereocenters. The molecule has 0 atom stereocenters. The Morgan fingerprint density at radius 3 is 2.45 bits per heavy atom. The minimum Gasteiger partial charge on any atom is -0.462 e. The van der Waals surface area contributed by atoms with Gasteiger partial charge < -0.3 is 4.74 Å². The number of nitrogens with zero attached hydrogens (tertiary/aromatic N) is 1. The zero-order chi connectivity index (χ0) is 23.6. The van der Waals surface area contributed by atoms with Crippen molar-refractivity contribution in [3.63, 3.8) is 0 Å². The molecule has 0 radical (unpaired) electrons. The normalized spacial score (nSPS) is 11.2. The molecule has 4 rings (SSSR count). The zero-order valence-electron chi connectivity index (χ0n) is 17.3. The van der Waals surface area contributed by atoms with Crippen LogP contribution in [-0.4, -0.2) is 21.0 Å². The molecular weight excluding hydrogens is 480 g/mol. The number of anilines is 1. The first kappa shape index (κ1) is 22.8. The van der Waals surface area contributed by atoms with E-state index in [1.165, 1.54) is 6.07 Å². The molecule has 33 heavy (non-hydrogen) atoms. The second kappa shape index (κ2) is 9.24. The number of fused-ring (bicyclic) bond motifs is 1. The molecule has 0 saturated heterocycles. The summed E-state index contributed by atoms with van der Waals surface area (Å²) in [5, 5.41) is 11.3. The van der Waals surface area contributed by atoms with E-state index >= 15 is 0 Å². The number of rotatable bonds is 6. The molecule has 0 saturated carbocycles. The minimum atomic E-state index is -4.15. The van der Waals surface area contributed by atoms with E-state index < -0.39 is 16.0 Å². The molecule has 4 aromatic rings. The van der Waals surface area contributed by atoms with Gasteiger partial charge in [0.25, 0.3) is 10.0 Å². The zero-order valence-corrected chi connectivity index (χ0v) is 19.7. The number of carbonyl (C=O) groups excluding carboxylic acids is 1.